The number of esters is 1. The number of epoxide rings is 1. The zero-order valence-electron chi connectivity index (χ0n) is 20.8. The molecule has 1 amide bonds. The minimum Gasteiger partial charge on any atom is -0.472 e. The number of ketones is 1. The van der Waals surface area contributed by atoms with E-state index in [-0.39, 0.29) is 23.0 Å². The van der Waals surface area contributed by atoms with Crippen LogP contribution in [0.5, 0.6) is 0 Å². The number of fused-ring (bicyclic) bond motifs is 3. The molecule has 2 N–H and O–H groups in total. The number of hydrogen-bond donors (Lipinski definition) is 1. The first kappa shape index (κ1) is 22.8. The fourth-order valence-corrected chi connectivity index (χ4v) is 9.14. The summed E-state index contributed by atoms with van der Waals surface area (Å²) in [6, 6.07) is 1.82. The second-order valence-corrected chi connectivity index (χ2v) is 12.4. The molecule has 2 aliphatic heterocycles. The molecule has 2 saturated heterocycles. The summed E-state index contributed by atoms with van der Waals surface area (Å²) in [4.78, 5) is 38.4. The normalized spacial score (nSPS) is 49.1. The van der Waals surface area contributed by atoms with Crippen molar-refractivity contribution in [3.63, 3.8) is 0 Å². The summed E-state index contributed by atoms with van der Waals surface area (Å²) in [5.74, 6) is -0.416. The Morgan fingerprint density at radius 1 is 1.11 bits per heavy atom. The van der Waals surface area contributed by atoms with Gasteiger partial charge in [-0.2, -0.15) is 0 Å². The molecule has 0 bridgehead atoms. The predicted octanol–water partition coefficient (Wildman–Crippen LogP) is 4.09. The van der Waals surface area contributed by atoms with Crippen LogP contribution < -0.4 is 5.73 Å². The van der Waals surface area contributed by atoms with Crippen LogP contribution in [0.15, 0.2) is 35.2 Å². The number of carbonyl (C=O) groups excluding carboxylic acids is 3. The number of cyclic esters (lactones) is 1. The molecular weight excluding hydrogens is 450 g/mol. The summed E-state index contributed by atoms with van der Waals surface area (Å²) >= 11 is 0. The monoisotopic (exact) mass is 483 g/mol. The van der Waals surface area contributed by atoms with E-state index >= 15 is 0 Å². The predicted molar refractivity (Wildman–Crippen MR) is 123 cm³/mol. The number of hydrogen-bond acceptors (Lipinski definition) is 7. The van der Waals surface area contributed by atoms with E-state index in [2.05, 4.69) is 26.8 Å². The molecule has 0 aromatic carbocycles. The molecule has 1 spiro atoms. The molecule has 9 atom stereocenters. The van der Waals surface area contributed by atoms with Crippen LogP contribution in [0, 0.1) is 33.5 Å². The molecule has 2 saturated carbocycles. The van der Waals surface area contributed by atoms with Gasteiger partial charge in [0, 0.05) is 21.8 Å². The van der Waals surface area contributed by atoms with E-state index in [1.54, 1.807) is 18.6 Å². The van der Waals surface area contributed by atoms with Crippen molar-refractivity contribution in [2.24, 2.45) is 39.2 Å². The Kier molecular flexibility index (Phi) is 4.29. The molecule has 5 aliphatic rings. The molecule has 3 heterocycles. The summed E-state index contributed by atoms with van der Waals surface area (Å²) in [5.41, 5.74) is 3.17. The van der Waals surface area contributed by atoms with E-state index in [1.165, 1.54) is 0 Å². The van der Waals surface area contributed by atoms with Crippen molar-refractivity contribution in [3.05, 3.63) is 36.3 Å². The molecule has 188 valence electrons. The maximum absolute atomic E-state index is 13.2. The van der Waals surface area contributed by atoms with Crippen LogP contribution in [0.3, 0.4) is 0 Å². The Labute approximate surface area is 204 Å². The molecular formula is C27H33NO7. The van der Waals surface area contributed by atoms with Crippen LogP contribution in [0.25, 0.3) is 0 Å². The van der Waals surface area contributed by atoms with Crippen molar-refractivity contribution < 1.29 is 33.0 Å². The Morgan fingerprint density at radius 3 is 2.51 bits per heavy atom. The minimum atomic E-state index is -0.909. The van der Waals surface area contributed by atoms with Crippen molar-refractivity contribution in [3.8, 4) is 0 Å². The molecule has 4 fully saturated rings. The Hall–Kier alpha value is -2.61. The van der Waals surface area contributed by atoms with Gasteiger partial charge in [0.15, 0.2) is 11.9 Å². The standard InChI is InChI=1S/C27H33NO7/c1-23(2)16-12-18(33-22(28)31)26(5)15(24(16,3)9-7-17(23)29)6-10-25(4)19(14-8-11-32-13-14)34-21(30)20-27(25,26)35-20/h7-9,11,13,15-16,18-20H,6,10,12H2,1-5H3,(H2,28,31)/t15?,16?,18?,19-,20+,24+,25-,26-,27+/m0/s1. The fraction of sp³-hybridized carbons (Fsp3) is 0.667. The zero-order chi connectivity index (χ0) is 25.2. The average molecular weight is 484 g/mol. The highest BCUT2D eigenvalue weighted by atomic mass is 16.7. The van der Waals surface area contributed by atoms with Crippen molar-refractivity contribution in [1.82, 2.24) is 0 Å². The molecule has 8 heteroatoms. The van der Waals surface area contributed by atoms with Gasteiger partial charge in [-0.05, 0) is 48.7 Å². The second kappa shape index (κ2) is 6.58. The number of amides is 1. The third-order valence-electron chi connectivity index (χ3n) is 10.8. The highest BCUT2D eigenvalue weighted by Crippen LogP contribution is 2.79. The van der Waals surface area contributed by atoms with E-state index in [0.29, 0.717) is 6.42 Å². The summed E-state index contributed by atoms with van der Waals surface area (Å²) in [6.07, 6.45) is 6.15. The van der Waals surface area contributed by atoms with E-state index in [9.17, 15) is 14.4 Å². The highest BCUT2D eigenvalue weighted by Gasteiger charge is 2.88. The number of nitrogens with two attached hydrogens (primary N) is 1. The summed E-state index contributed by atoms with van der Waals surface area (Å²) in [7, 11) is 0. The second-order valence-electron chi connectivity index (χ2n) is 12.4. The first-order valence-corrected chi connectivity index (χ1v) is 12.4. The third-order valence-corrected chi connectivity index (χ3v) is 10.8. The molecule has 0 radical (unpaired) electrons. The van der Waals surface area contributed by atoms with Gasteiger partial charge < -0.3 is 24.4 Å². The van der Waals surface area contributed by atoms with Crippen LogP contribution in [0.2, 0.25) is 0 Å². The van der Waals surface area contributed by atoms with E-state index in [4.69, 9.17) is 24.4 Å². The molecule has 35 heavy (non-hydrogen) atoms. The van der Waals surface area contributed by atoms with Crippen LogP contribution >= 0.6 is 0 Å². The number of allylic oxidation sites excluding steroid dienone is 2. The van der Waals surface area contributed by atoms with E-state index in [1.807, 2.05) is 19.9 Å². The highest BCUT2D eigenvalue weighted by molar-refractivity contribution is 5.95. The molecule has 3 aliphatic carbocycles. The van der Waals surface area contributed by atoms with Gasteiger partial charge in [-0.15, -0.1) is 0 Å². The van der Waals surface area contributed by atoms with Crippen LogP contribution in [0.4, 0.5) is 4.79 Å². The average Bonchev–Trinajstić information content (AvgIpc) is 3.35. The first-order chi connectivity index (χ1) is 16.3. The quantitative estimate of drug-likeness (QED) is 0.497. The number of primary amides is 1. The van der Waals surface area contributed by atoms with Gasteiger partial charge in [0.1, 0.15) is 17.8 Å². The Bertz CT molecular complexity index is 1160. The van der Waals surface area contributed by atoms with Gasteiger partial charge in [0.2, 0.25) is 0 Å². The fourth-order valence-electron chi connectivity index (χ4n) is 9.14. The largest absolute Gasteiger partial charge is 0.472 e. The Balaban J connectivity index is 1.55. The van der Waals surface area contributed by atoms with Gasteiger partial charge in [-0.25, -0.2) is 9.59 Å². The number of ether oxygens (including phenoxy) is 3. The summed E-state index contributed by atoms with van der Waals surface area (Å²) < 4.78 is 23.7. The van der Waals surface area contributed by atoms with Crippen LogP contribution in [-0.2, 0) is 23.8 Å². The SMILES string of the molecule is CC1(C)C(=O)C=C[C@@]2(C)C1CC(OC(N)=O)[C@]1(C)C2CC[C@@]2(C)[C@H](c3ccoc3)OC(=O)[C@H]3O[C@@]312. The molecule has 1 aromatic rings. The summed E-state index contributed by atoms with van der Waals surface area (Å²) in [6.45, 7) is 10.3. The lowest BCUT2D eigenvalue weighted by Gasteiger charge is -2.68. The molecule has 6 rings (SSSR count). The molecule has 1 aromatic heterocycles. The smallest absolute Gasteiger partial charge is 0.404 e. The van der Waals surface area contributed by atoms with Gasteiger partial charge in [-0.1, -0.05) is 40.7 Å². The van der Waals surface area contributed by atoms with Crippen molar-refractivity contribution in [2.45, 2.75) is 77.8 Å². The topological polar surface area (TPSA) is 121 Å². The van der Waals surface area contributed by atoms with Crippen LogP contribution in [0.1, 0.15) is 65.5 Å². The van der Waals surface area contributed by atoms with Crippen molar-refractivity contribution in [2.75, 3.05) is 0 Å². The Morgan fingerprint density at radius 2 is 1.86 bits per heavy atom. The van der Waals surface area contributed by atoms with E-state index in [0.717, 1.165) is 18.4 Å². The lowest BCUT2D eigenvalue weighted by molar-refractivity contribution is -0.245. The maximum Gasteiger partial charge on any atom is 0.404 e. The lowest BCUT2D eigenvalue weighted by Crippen LogP contribution is -2.72. The first-order valence-electron chi connectivity index (χ1n) is 12.4. The number of furan rings is 1. The zero-order valence-corrected chi connectivity index (χ0v) is 20.8. The number of rotatable bonds is 2. The molecule has 3 unspecified atom stereocenters. The lowest BCUT2D eigenvalue weighted by atomic mass is 9.35. The van der Waals surface area contributed by atoms with Gasteiger partial charge in [0.25, 0.3) is 0 Å². The van der Waals surface area contributed by atoms with Crippen molar-refractivity contribution in [1.29, 1.82) is 0 Å². The van der Waals surface area contributed by atoms with Crippen LogP contribution in [-0.4, -0.2) is 35.7 Å². The number of carbonyl (C=O) groups is 3. The maximum atomic E-state index is 13.2. The van der Waals surface area contributed by atoms with Crippen molar-refractivity contribution >= 4 is 17.8 Å². The summed E-state index contributed by atoms with van der Waals surface area (Å²) in [5, 5.41) is 0. The molecule has 8 nitrogen and oxygen atoms in total. The minimum absolute atomic E-state index is 0.0179. The third kappa shape index (κ3) is 2.44. The van der Waals surface area contributed by atoms with E-state index < -0.39 is 52.2 Å². The van der Waals surface area contributed by atoms with Gasteiger partial charge in [0.05, 0.1) is 12.5 Å². The van der Waals surface area contributed by atoms with Gasteiger partial charge >= 0.3 is 12.1 Å². The van der Waals surface area contributed by atoms with Gasteiger partial charge in [-0.3, -0.25) is 4.79 Å².